The number of esters is 1. The second-order valence-corrected chi connectivity index (χ2v) is 8.46. The number of pyridine rings is 1. The number of nitrogens with one attached hydrogen (secondary N) is 1. The second kappa shape index (κ2) is 9.32. The molecule has 0 spiro atoms. The fourth-order valence-electron chi connectivity index (χ4n) is 3.38. The quantitative estimate of drug-likeness (QED) is 0.420. The third kappa shape index (κ3) is 4.40. The van der Waals surface area contributed by atoms with Crippen molar-refractivity contribution >= 4 is 34.2 Å². The first-order valence-electron chi connectivity index (χ1n) is 10.4. The number of thiophene rings is 1. The van der Waals surface area contributed by atoms with Gasteiger partial charge in [-0.2, -0.15) is 5.10 Å². The van der Waals surface area contributed by atoms with E-state index in [2.05, 4.69) is 10.4 Å². The molecule has 0 bridgehead atoms. The van der Waals surface area contributed by atoms with Gasteiger partial charge in [-0.05, 0) is 49.9 Å². The van der Waals surface area contributed by atoms with Crippen molar-refractivity contribution in [3.63, 3.8) is 0 Å². The zero-order valence-corrected chi connectivity index (χ0v) is 19.0. The lowest BCUT2D eigenvalue weighted by Gasteiger charge is -2.12. The number of rotatable bonds is 7. The largest absolute Gasteiger partial charge is 0.452 e. The van der Waals surface area contributed by atoms with Gasteiger partial charge >= 0.3 is 5.97 Å². The number of hydrogen-bond acceptors (Lipinski definition) is 6. The monoisotopic (exact) mass is 448 g/mol. The van der Waals surface area contributed by atoms with E-state index in [1.807, 2.05) is 68.6 Å². The zero-order valence-electron chi connectivity index (χ0n) is 18.2. The maximum Gasteiger partial charge on any atom is 0.339 e. The van der Waals surface area contributed by atoms with Crippen LogP contribution in [0, 0.1) is 6.92 Å². The Kier molecular flexibility index (Phi) is 6.32. The summed E-state index contributed by atoms with van der Waals surface area (Å²) in [7, 11) is 0. The van der Waals surface area contributed by atoms with E-state index >= 15 is 0 Å². The van der Waals surface area contributed by atoms with E-state index in [1.165, 1.54) is 11.3 Å². The van der Waals surface area contributed by atoms with E-state index < -0.39 is 5.97 Å². The Bertz CT molecular complexity index is 1250. The van der Waals surface area contributed by atoms with E-state index in [9.17, 15) is 9.59 Å². The van der Waals surface area contributed by atoms with Crippen LogP contribution in [0.2, 0.25) is 0 Å². The molecule has 32 heavy (non-hydrogen) atoms. The van der Waals surface area contributed by atoms with Crippen LogP contribution in [0.15, 0.2) is 53.9 Å². The van der Waals surface area contributed by atoms with Crippen molar-refractivity contribution in [1.82, 2.24) is 20.1 Å². The lowest BCUT2D eigenvalue weighted by molar-refractivity contribution is -0.124. The Hall–Kier alpha value is -3.52. The minimum atomic E-state index is -0.579. The number of amides is 1. The third-order valence-corrected chi connectivity index (χ3v) is 6.05. The fraction of sp³-hybridized carbons (Fsp3) is 0.250. The molecule has 0 saturated heterocycles. The number of fused-ring (bicyclic) bond motifs is 1. The van der Waals surface area contributed by atoms with E-state index in [0.717, 1.165) is 17.0 Å². The first-order chi connectivity index (χ1) is 15.5. The molecule has 0 radical (unpaired) electrons. The van der Waals surface area contributed by atoms with Crippen LogP contribution in [0.1, 0.15) is 36.3 Å². The smallest absolute Gasteiger partial charge is 0.339 e. The fourth-order valence-corrected chi connectivity index (χ4v) is 4.06. The molecular formula is C24H24N4O3S. The summed E-state index contributed by atoms with van der Waals surface area (Å²) in [5.74, 6) is -0.904. The number of carbonyl (C=O) groups is 2. The molecule has 1 atom stereocenters. The summed E-state index contributed by atoms with van der Waals surface area (Å²) < 4.78 is 7.10. The summed E-state index contributed by atoms with van der Waals surface area (Å²) in [6.45, 7) is 5.37. The minimum Gasteiger partial charge on any atom is -0.452 e. The highest BCUT2D eigenvalue weighted by atomic mass is 32.1. The van der Waals surface area contributed by atoms with Gasteiger partial charge in [-0.1, -0.05) is 31.2 Å². The number of aromatic nitrogens is 3. The Morgan fingerprint density at radius 1 is 1.19 bits per heavy atom. The van der Waals surface area contributed by atoms with Gasteiger partial charge in [0.2, 0.25) is 0 Å². The van der Waals surface area contributed by atoms with Gasteiger partial charge in [0.25, 0.3) is 5.91 Å². The van der Waals surface area contributed by atoms with Crippen molar-refractivity contribution < 1.29 is 14.3 Å². The normalized spacial score (nSPS) is 12.0. The molecule has 4 aromatic rings. The summed E-state index contributed by atoms with van der Waals surface area (Å²) >= 11 is 1.53. The number of hydrogen-bond donors (Lipinski definition) is 1. The summed E-state index contributed by atoms with van der Waals surface area (Å²) in [4.78, 5) is 30.9. The van der Waals surface area contributed by atoms with Crippen LogP contribution in [0.3, 0.4) is 0 Å². The SMILES string of the molecule is CCC(C)NC(=O)COC(=O)c1cc(-c2cccs2)nc2c1c(C)nn2-c1ccccc1. The number of carbonyl (C=O) groups excluding carboxylic acids is 2. The maximum absolute atomic E-state index is 13.1. The summed E-state index contributed by atoms with van der Waals surface area (Å²) in [6.07, 6.45) is 0.798. The van der Waals surface area contributed by atoms with Crippen molar-refractivity contribution in [2.24, 2.45) is 0 Å². The average molecular weight is 449 g/mol. The Labute approximate surface area is 190 Å². The van der Waals surface area contributed by atoms with Gasteiger partial charge in [0.1, 0.15) is 0 Å². The van der Waals surface area contributed by atoms with Crippen molar-refractivity contribution in [1.29, 1.82) is 0 Å². The van der Waals surface area contributed by atoms with Crippen molar-refractivity contribution in [2.45, 2.75) is 33.2 Å². The predicted octanol–water partition coefficient (Wildman–Crippen LogP) is 4.53. The Balaban J connectivity index is 1.76. The first-order valence-corrected chi connectivity index (χ1v) is 11.3. The highest BCUT2D eigenvalue weighted by molar-refractivity contribution is 7.13. The van der Waals surface area contributed by atoms with Crippen LogP contribution in [0.25, 0.3) is 27.3 Å². The minimum absolute atomic E-state index is 0.0191. The van der Waals surface area contributed by atoms with Gasteiger partial charge in [0.15, 0.2) is 12.3 Å². The van der Waals surface area contributed by atoms with Gasteiger partial charge in [-0.3, -0.25) is 4.79 Å². The van der Waals surface area contributed by atoms with Crippen molar-refractivity contribution in [3.8, 4) is 16.3 Å². The van der Waals surface area contributed by atoms with E-state index in [1.54, 1.807) is 10.7 Å². The van der Waals surface area contributed by atoms with Gasteiger partial charge in [-0.15, -0.1) is 11.3 Å². The van der Waals surface area contributed by atoms with Gasteiger partial charge in [0, 0.05) is 6.04 Å². The summed E-state index contributed by atoms with van der Waals surface area (Å²) in [5.41, 5.74) is 3.06. The second-order valence-electron chi connectivity index (χ2n) is 7.52. The molecule has 1 N–H and O–H groups in total. The standard InChI is InChI=1S/C24H24N4O3S/c1-4-15(2)25-21(29)14-31-24(30)18-13-19(20-11-8-12-32-20)26-23-22(18)16(3)27-28(23)17-9-6-5-7-10-17/h5-13,15H,4,14H2,1-3H3,(H,25,29). The predicted molar refractivity (Wildman–Crippen MR) is 125 cm³/mol. The molecule has 4 rings (SSSR count). The zero-order chi connectivity index (χ0) is 22.7. The number of benzene rings is 1. The van der Waals surface area contributed by atoms with Gasteiger partial charge in [0.05, 0.1) is 32.9 Å². The molecule has 1 aromatic carbocycles. The molecule has 3 heterocycles. The van der Waals surface area contributed by atoms with E-state index in [-0.39, 0.29) is 18.6 Å². The highest BCUT2D eigenvalue weighted by Gasteiger charge is 2.23. The lowest BCUT2D eigenvalue weighted by Crippen LogP contribution is -2.35. The number of para-hydroxylation sites is 1. The van der Waals surface area contributed by atoms with Crippen LogP contribution in [0.5, 0.6) is 0 Å². The number of nitrogens with zero attached hydrogens (tertiary/aromatic N) is 3. The topological polar surface area (TPSA) is 86.1 Å². The molecule has 164 valence electrons. The van der Waals surface area contributed by atoms with Crippen LogP contribution in [0.4, 0.5) is 0 Å². The molecule has 0 saturated carbocycles. The molecule has 1 unspecified atom stereocenters. The van der Waals surface area contributed by atoms with Crippen LogP contribution >= 0.6 is 11.3 Å². The Morgan fingerprint density at radius 2 is 1.97 bits per heavy atom. The van der Waals surface area contributed by atoms with E-state index in [0.29, 0.717) is 28.0 Å². The molecule has 0 aliphatic rings. The molecule has 7 nitrogen and oxygen atoms in total. The van der Waals surface area contributed by atoms with Crippen LogP contribution in [-0.2, 0) is 9.53 Å². The first kappa shape index (κ1) is 21.7. The lowest BCUT2D eigenvalue weighted by atomic mass is 10.1. The van der Waals surface area contributed by atoms with Crippen molar-refractivity contribution in [2.75, 3.05) is 6.61 Å². The maximum atomic E-state index is 13.1. The van der Waals surface area contributed by atoms with Gasteiger partial charge < -0.3 is 10.1 Å². The van der Waals surface area contributed by atoms with E-state index in [4.69, 9.17) is 9.72 Å². The molecule has 0 aliphatic heterocycles. The summed E-state index contributed by atoms with van der Waals surface area (Å²) in [6, 6.07) is 15.3. The molecule has 1 amide bonds. The molecule has 0 aliphatic carbocycles. The average Bonchev–Trinajstić information content (AvgIpc) is 3.46. The highest BCUT2D eigenvalue weighted by Crippen LogP contribution is 2.31. The third-order valence-electron chi connectivity index (χ3n) is 5.16. The molecule has 0 fully saturated rings. The number of aryl methyl sites for hydroxylation is 1. The Morgan fingerprint density at radius 3 is 2.66 bits per heavy atom. The number of ether oxygens (including phenoxy) is 1. The van der Waals surface area contributed by atoms with Crippen molar-refractivity contribution in [3.05, 3.63) is 65.2 Å². The van der Waals surface area contributed by atoms with Gasteiger partial charge in [-0.25, -0.2) is 14.5 Å². The summed E-state index contributed by atoms with van der Waals surface area (Å²) in [5, 5.41) is 10.0. The van der Waals surface area contributed by atoms with Crippen LogP contribution in [-0.4, -0.2) is 39.3 Å². The molecular weight excluding hydrogens is 424 g/mol. The van der Waals surface area contributed by atoms with Crippen LogP contribution < -0.4 is 5.32 Å². The molecule has 3 aromatic heterocycles. The molecule has 8 heteroatoms.